The predicted octanol–water partition coefficient (Wildman–Crippen LogP) is 3.72. The minimum atomic E-state index is -0.108. The minimum Gasteiger partial charge on any atom is -0.490 e. The standard InChI is InChI=1S/C17H20O3/c1-3-19-16-11-7-10-15(12-18)17(16)20-13(2)14-8-5-4-6-9-14/h4-11,13,18H,3,12H2,1-2H3. The lowest BCUT2D eigenvalue weighted by atomic mass is 10.1. The Kier molecular flexibility index (Phi) is 5.02. The molecule has 0 aliphatic heterocycles. The second kappa shape index (κ2) is 6.96. The molecule has 2 rings (SSSR count). The van der Waals surface area contributed by atoms with Crippen LogP contribution in [0.4, 0.5) is 0 Å². The molecule has 0 aromatic heterocycles. The molecular formula is C17H20O3. The topological polar surface area (TPSA) is 38.7 Å². The number of aliphatic hydroxyl groups is 1. The number of hydrogen-bond donors (Lipinski definition) is 1. The van der Waals surface area contributed by atoms with Gasteiger partial charge in [-0.05, 0) is 25.5 Å². The first-order valence-electron chi connectivity index (χ1n) is 6.83. The van der Waals surface area contributed by atoms with E-state index in [1.807, 2.05) is 62.4 Å². The van der Waals surface area contributed by atoms with Crippen molar-refractivity contribution in [2.75, 3.05) is 6.61 Å². The highest BCUT2D eigenvalue weighted by Gasteiger charge is 2.14. The van der Waals surface area contributed by atoms with Crippen LogP contribution in [0.15, 0.2) is 48.5 Å². The zero-order valence-electron chi connectivity index (χ0n) is 11.9. The van der Waals surface area contributed by atoms with E-state index in [1.54, 1.807) is 0 Å². The third-order valence-electron chi connectivity index (χ3n) is 3.09. The van der Waals surface area contributed by atoms with Crippen LogP contribution in [-0.4, -0.2) is 11.7 Å². The fourth-order valence-corrected chi connectivity index (χ4v) is 2.06. The number of para-hydroxylation sites is 1. The summed E-state index contributed by atoms with van der Waals surface area (Å²) < 4.78 is 11.6. The van der Waals surface area contributed by atoms with Crippen LogP contribution < -0.4 is 9.47 Å². The molecule has 3 nitrogen and oxygen atoms in total. The Labute approximate surface area is 119 Å². The van der Waals surface area contributed by atoms with E-state index >= 15 is 0 Å². The van der Waals surface area contributed by atoms with Gasteiger partial charge in [-0.25, -0.2) is 0 Å². The summed E-state index contributed by atoms with van der Waals surface area (Å²) in [5.41, 5.74) is 1.82. The molecule has 0 bridgehead atoms. The van der Waals surface area contributed by atoms with Gasteiger partial charge in [0.25, 0.3) is 0 Å². The Morgan fingerprint density at radius 1 is 1.05 bits per heavy atom. The van der Waals surface area contributed by atoms with Crippen LogP contribution >= 0.6 is 0 Å². The maximum Gasteiger partial charge on any atom is 0.167 e. The minimum absolute atomic E-state index is 0.0717. The summed E-state index contributed by atoms with van der Waals surface area (Å²) in [4.78, 5) is 0. The van der Waals surface area contributed by atoms with Gasteiger partial charge in [0.2, 0.25) is 0 Å². The van der Waals surface area contributed by atoms with E-state index in [0.29, 0.717) is 18.1 Å². The van der Waals surface area contributed by atoms with Crippen molar-refractivity contribution in [2.45, 2.75) is 26.6 Å². The van der Waals surface area contributed by atoms with Crippen molar-refractivity contribution in [3.63, 3.8) is 0 Å². The third kappa shape index (κ3) is 3.31. The van der Waals surface area contributed by atoms with Gasteiger partial charge >= 0.3 is 0 Å². The molecule has 2 aromatic carbocycles. The first-order chi connectivity index (χ1) is 9.76. The van der Waals surface area contributed by atoms with E-state index in [9.17, 15) is 5.11 Å². The molecule has 106 valence electrons. The summed E-state index contributed by atoms with van der Waals surface area (Å²) in [5.74, 6) is 1.29. The Morgan fingerprint density at radius 3 is 2.45 bits per heavy atom. The van der Waals surface area contributed by atoms with Crippen molar-refractivity contribution in [2.24, 2.45) is 0 Å². The molecule has 0 heterocycles. The summed E-state index contributed by atoms with van der Waals surface area (Å²) in [7, 11) is 0. The molecular weight excluding hydrogens is 252 g/mol. The van der Waals surface area contributed by atoms with Crippen molar-refractivity contribution in [3.05, 3.63) is 59.7 Å². The second-order valence-corrected chi connectivity index (χ2v) is 4.51. The molecule has 1 atom stereocenters. The van der Waals surface area contributed by atoms with E-state index in [1.165, 1.54) is 0 Å². The summed E-state index contributed by atoms with van der Waals surface area (Å²) in [5, 5.41) is 9.46. The third-order valence-corrected chi connectivity index (χ3v) is 3.09. The Balaban J connectivity index is 2.27. The average molecular weight is 272 g/mol. The highest BCUT2D eigenvalue weighted by atomic mass is 16.5. The molecule has 0 aliphatic rings. The molecule has 1 N–H and O–H groups in total. The van der Waals surface area contributed by atoms with Gasteiger partial charge in [-0.15, -0.1) is 0 Å². The van der Waals surface area contributed by atoms with Crippen molar-refractivity contribution < 1.29 is 14.6 Å². The van der Waals surface area contributed by atoms with Crippen molar-refractivity contribution in [1.29, 1.82) is 0 Å². The number of rotatable bonds is 6. The van der Waals surface area contributed by atoms with Gasteiger partial charge in [-0.2, -0.15) is 0 Å². The zero-order chi connectivity index (χ0) is 14.4. The molecule has 0 aliphatic carbocycles. The van der Waals surface area contributed by atoms with Crippen LogP contribution in [0.5, 0.6) is 11.5 Å². The smallest absolute Gasteiger partial charge is 0.167 e. The molecule has 0 saturated carbocycles. The lowest BCUT2D eigenvalue weighted by Crippen LogP contribution is -2.07. The van der Waals surface area contributed by atoms with Gasteiger partial charge in [0.1, 0.15) is 6.10 Å². The largest absolute Gasteiger partial charge is 0.490 e. The maximum absolute atomic E-state index is 9.46. The van der Waals surface area contributed by atoms with Gasteiger partial charge in [0, 0.05) is 5.56 Å². The SMILES string of the molecule is CCOc1cccc(CO)c1OC(C)c1ccccc1. The van der Waals surface area contributed by atoms with Crippen LogP contribution in [0, 0.1) is 0 Å². The van der Waals surface area contributed by atoms with Gasteiger partial charge < -0.3 is 14.6 Å². The zero-order valence-corrected chi connectivity index (χ0v) is 11.9. The van der Waals surface area contributed by atoms with Gasteiger partial charge in [-0.3, -0.25) is 0 Å². The fourth-order valence-electron chi connectivity index (χ4n) is 2.06. The first kappa shape index (κ1) is 14.4. The van der Waals surface area contributed by atoms with Crippen molar-refractivity contribution >= 4 is 0 Å². The molecule has 0 amide bonds. The van der Waals surface area contributed by atoms with Gasteiger partial charge in [0.15, 0.2) is 11.5 Å². The Morgan fingerprint density at radius 2 is 1.80 bits per heavy atom. The Bertz CT molecular complexity index is 537. The quantitative estimate of drug-likeness (QED) is 0.871. The first-order valence-corrected chi connectivity index (χ1v) is 6.83. The molecule has 0 fully saturated rings. The van der Waals surface area contributed by atoms with Crippen LogP contribution in [0.1, 0.15) is 31.1 Å². The van der Waals surface area contributed by atoms with Gasteiger partial charge in [0.05, 0.1) is 13.2 Å². The van der Waals surface area contributed by atoms with Gasteiger partial charge in [-0.1, -0.05) is 42.5 Å². The molecule has 3 heteroatoms. The lowest BCUT2D eigenvalue weighted by Gasteiger charge is -2.20. The monoisotopic (exact) mass is 272 g/mol. The van der Waals surface area contributed by atoms with E-state index in [4.69, 9.17) is 9.47 Å². The number of ether oxygens (including phenoxy) is 2. The van der Waals surface area contributed by atoms with Crippen LogP contribution in [0.2, 0.25) is 0 Å². The highest BCUT2D eigenvalue weighted by Crippen LogP contribution is 2.34. The average Bonchev–Trinajstić information content (AvgIpc) is 2.50. The van der Waals surface area contributed by atoms with Crippen LogP contribution in [0.25, 0.3) is 0 Å². The molecule has 2 aromatic rings. The highest BCUT2D eigenvalue weighted by molar-refractivity contribution is 5.46. The van der Waals surface area contributed by atoms with E-state index < -0.39 is 0 Å². The Hall–Kier alpha value is -2.00. The number of hydrogen-bond acceptors (Lipinski definition) is 3. The lowest BCUT2D eigenvalue weighted by molar-refractivity contribution is 0.199. The molecule has 20 heavy (non-hydrogen) atoms. The van der Waals surface area contributed by atoms with E-state index in [2.05, 4.69) is 0 Å². The summed E-state index contributed by atoms with van der Waals surface area (Å²) in [6.07, 6.45) is -0.108. The normalized spacial score (nSPS) is 11.9. The fraction of sp³-hybridized carbons (Fsp3) is 0.294. The van der Waals surface area contributed by atoms with Crippen LogP contribution in [0.3, 0.4) is 0 Å². The summed E-state index contributed by atoms with van der Waals surface area (Å²) >= 11 is 0. The molecule has 0 radical (unpaired) electrons. The molecule has 1 unspecified atom stereocenters. The number of aliphatic hydroxyl groups excluding tert-OH is 1. The van der Waals surface area contributed by atoms with Crippen LogP contribution in [-0.2, 0) is 6.61 Å². The second-order valence-electron chi connectivity index (χ2n) is 4.51. The van der Waals surface area contributed by atoms with E-state index in [0.717, 1.165) is 11.1 Å². The summed E-state index contributed by atoms with van der Waals surface area (Å²) in [6, 6.07) is 15.5. The van der Waals surface area contributed by atoms with Crippen molar-refractivity contribution in [1.82, 2.24) is 0 Å². The predicted molar refractivity (Wildman–Crippen MR) is 79.0 cm³/mol. The molecule has 0 saturated heterocycles. The van der Waals surface area contributed by atoms with Crippen molar-refractivity contribution in [3.8, 4) is 11.5 Å². The molecule has 0 spiro atoms. The number of benzene rings is 2. The van der Waals surface area contributed by atoms with E-state index in [-0.39, 0.29) is 12.7 Å². The summed E-state index contributed by atoms with van der Waals surface area (Å²) in [6.45, 7) is 4.40. The maximum atomic E-state index is 9.46.